The first-order chi connectivity index (χ1) is 9.52. The number of primary amides is 1. The molecule has 0 aromatic carbocycles. The summed E-state index contributed by atoms with van der Waals surface area (Å²) in [6.07, 6.45) is 4.08. The molecular formula is C14H27ClN4O2. The second kappa shape index (κ2) is 7.96. The Balaban J connectivity index is 0.00000220. The van der Waals surface area contributed by atoms with Crippen molar-refractivity contribution < 1.29 is 9.59 Å². The zero-order chi connectivity index (χ0) is 14.7. The van der Waals surface area contributed by atoms with Gasteiger partial charge in [0.05, 0.1) is 12.5 Å². The van der Waals surface area contributed by atoms with Crippen molar-refractivity contribution in [1.29, 1.82) is 0 Å². The molecule has 1 heterocycles. The molecule has 2 atom stereocenters. The number of carbonyl (C=O) groups is 2. The molecule has 7 heteroatoms. The quantitative estimate of drug-likeness (QED) is 0.709. The van der Waals surface area contributed by atoms with Crippen LogP contribution in [0.1, 0.15) is 25.7 Å². The molecule has 2 amide bonds. The van der Waals surface area contributed by atoms with Crippen molar-refractivity contribution in [2.75, 3.05) is 33.2 Å². The summed E-state index contributed by atoms with van der Waals surface area (Å²) in [7, 11) is 1.96. The number of amides is 2. The summed E-state index contributed by atoms with van der Waals surface area (Å²) in [5, 5.41) is 0. The minimum Gasteiger partial charge on any atom is -0.369 e. The first-order valence-electron chi connectivity index (χ1n) is 7.50. The summed E-state index contributed by atoms with van der Waals surface area (Å²) in [6, 6.07) is 0.302. The molecule has 1 aliphatic carbocycles. The normalized spacial score (nSPS) is 23.6. The van der Waals surface area contributed by atoms with E-state index in [-0.39, 0.29) is 30.1 Å². The molecule has 4 N–H and O–H groups in total. The molecule has 2 fully saturated rings. The van der Waals surface area contributed by atoms with Crippen molar-refractivity contribution in [1.82, 2.24) is 9.80 Å². The highest BCUT2D eigenvalue weighted by molar-refractivity contribution is 5.85. The summed E-state index contributed by atoms with van der Waals surface area (Å²) >= 11 is 0. The Morgan fingerprint density at radius 3 is 2.52 bits per heavy atom. The maximum Gasteiger partial charge on any atom is 0.236 e. The van der Waals surface area contributed by atoms with E-state index < -0.39 is 0 Å². The van der Waals surface area contributed by atoms with Gasteiger partial charge in [0.15, 0.2) is 0 Å². The molecule has 2 rings (SSSR count). The highest BCUT2D eigenvalue weighted by Crippen LogP contribution is 2.34. The lowest BCUT2D eigenvalue weighted by molar-refractivity contribution is -0.136. The van der Waals surface area contributed by atoms with E-state index in [4.69, 9.17) is 11.5 Å². The van der Waals surface area contributed by atoms with E-state index in [1.54, 1.807) is 4.90 Å². The van der Waals surface area contributed by atoms with Crippen LogP contribution in [-0.4, -0.2) is 60.9 Å². The van der Waals surface area contributed by atoms with Crippen LogP contribution in [0.3, 0.4) is 0 Å². The maximum absolute atomic E-state index is 12.3. The van der Waals surface area contributed by atoms with E-state index in [0.717, 1.165) is 19.4 Å². The highest BCUT2D eigenvalue weighted by atomic mass is 35.5. The van der Waals surface area contributed by atoms with Crippen LogP contribution >= 0.6 is 12.4 Å². The molecule has 0 bridgehead atoms. The third kappa shape index (κ3) is 4.83. The molecule has 21 heavy (non-hydrogen) atoms. The zero-order valence-corrected chi connectivity index (χ0v) is 13.5. The third-order valence-corrected chi connectivity index (χ3v) is 4.53. The number of nitrogens with zero attached hydrogens (tertiary/aromatic N) is 2. The fourth-order valence-electron chi connectivity index (χ4n) is 3.08. The van der Waals surface area contributed by atoms with Gasteiger partial charge >= 0.3 is 0 Å². The van der Waals surface area contributed by atoms with Crippen LogP contribution in [0, 0.1) is 11.8 Å². The number of piperidine rings is 1. The van der Waals surface area contributed by atoms with Gasteiger partial charge in [0.25, 0.3) is 0 Å². The lowest BCUT2D eigenvalue weighted by Crippen LogP contribution is -2.50. The van der Waals surface area contributed by atoms with Gasteiger partial charge in [-0.1, -0.05) is 0 Å². The van der Waals surface area contributed by atoms with Gasteiger partial charge in [0.1, 0.15) is 0 Å². The fourth-order valence-corrected chi connectivity index (χ4v) is 3.08. The van der Waals surface area contributed by atoms with E-state index in [1.165, 1.54) is 12.8 Å². The molecule has 0 aromatic heterocycles. The van der Waals surface area contributed by atoms with Crippen LogP contribution in [-0.2, 0) is 9.59 Å². The first-order valence-corrected chi connectivity index (χ1v) is 7.50. The Labute approximate surface area is 132 Å². The van der Waals surface area contributed by atoms with Gasteiger partial charge in [-0.3, -0.25) is 14.5 Å². The Morgan fingerprint density at radius 1 is 1.33 bits per heavy atom. The largest absolute Gasteiger partial charge is 0.369 e. The van der Waals surface area contributed by atoms with E-state index in [2.05, 4.69) is 4.90 Å². The van der Waals surface area contributed by atoms with Gasteiger partial charge < -0.3 is 16.4 Å². The molecule has 6 nitrogen and oxygen atoms in total. The Hall–Kier alpha value is -0.850. The molecule has 0 aromatic rings. The van der Waals surface area contributed by atoms with Crippen LogP contribution in [0.2, 0.25) is 0 Å². The van der Waals surface area contributed by atoms with Gasteiger partial charge in [0, 0.05) is 25.7 Å². The van der Waals surface area contributed by atoms with Gasteiger partial charge in [-0.25, -0.2) is 0 Å². The number of halogens is 1. The van der Waals surface area contributed by atoms with Crippen molar-refractivity contribution >= 4 is 24.2 Å². The number of carbonyl (C=O) groups excluding carboxylic acids is 2. The molecule has 2 unspecified atom stereocenters. The number of hydrogen-bond donors (Lipinski definition) is 2. The van der Waals surface area contributed by atoms with E-state index in [1.807, 2.05) is 7.05 Å². The summed E-state index contributed by atoms with van der Waals surface area (Å²) < 4.78 is 0. The van der Waals surface area contributed by atoms with Crippen molar-refractivity contribution in [3.63, 3.8) is 0 Å². The smallest absolute Gasteiger partial charge is 0.236 e. The average Bonchev–Trinajstić information content (AvgIpc) is 3.24. The SMILES string of the molecule is CN(CC(=O)N1CCCC(C(N)=O)C1)C(CN)C1CC1.Cl. The van der Waals surface area contributed by atoms with E-state index >= 15 is 0 Å². The lowest BCUT2D eigenvalue weighted by atomic mass is 9.97. The Morgan fingerprint density at radius 2 is 2.00 bits per heavy atom. The van der Waals surface area contributed by atoms with Gasteiger partial charge in [-0.05, 0) is 38.6 Å². The highest BCUT2D eigenvalue weighted by Gasteiger charge is 2.34. The standard InChI is InChI=1S/C14H26N4O2.ClH/c1-17(12(7-15)10-4-5-10)9-13(19)18-6-2-3-11(8-18)14(16)20;/h10-12H,2-9,15H2,1H3,(H2,16,20);1H. The third-order valence-electron chi connectivity index (χ3n) is 4.53. The molecular weight excluding hydrogens is 292 g/mol. The topological polar surface area (TPSA) is 92.7 Å². The molecule has 1 saturated carbocycles. The average molecular weight is 319 g/mol. The van der Waals surface area contributed by atoms with Gasteiger partial charge in [-0.2, -0.15) is 0 Å². The van der Waals surface area contributed by atoms with Crippen molar-refractivity contribution in [2.24, 2.45) is 23.3 Å². The predicted octanol–water partition coefficient (Wildman–Crippen LogP) is -0.199. The summed E-state index contributed by atoms with van der Waals surface area (Å²) in [5.74, 6) is 0.246. The molecule has 122 valence electrons. The Bertz CT molecular complexity index is 376. The first kappa shape index (κ1) is 18.2. The van der Waals surface area contributed by atoms with Gasteiger partial charge in [0.2, 0.25) is 11.8 Å². The number of hydrogen-bond acceptors (Lipinski definition) is 4. The van der Waals surface area contributed by atoms with Gasteiger partial charge in [-0.15, -0.1) is 12.4 Å². The zero-order valence-electron chi connectivity index (χ0n) is 12.7. The number of likely N-dealkylation sites (tertiary alicyclic amines) is 1. The fraction of sp³-hybridized carbons (Fsp3) is 0.857. The lowest BCUT2D eigenvalue weighted by Gasteiger charge is -2.34. The van der Waals surface area contributed by atoms with Crippen molar-refractivity contribution in [3.8, 4) is 0 Å². The van der Waals surface area contributed by atoms with Crippen LogP contribution in [0.5, 0.6) is 0 Å². The summed E-state index contributed by atoms with van der Waals surface area (Å²) in [4.78, 5) is 27.4. The van der Waals surface area contributed by atoms with Crippen LogP contribution in [0.25, 0.3) is 0 Å². The summed E-state index contributed by atoms with van der Waals surface area (Å²) in [6.45, 7) is 2.17. The molecule has 2 aliphatic rings. The molecule has 0 spiro atoms. The number of likely N-dealkylation sites (N-methyl/N-ethyl adjacent to an activating group) is 1. The monoisotopic (exact) mass is 318 g/mol. The van der Waals surface area contributed by atoms with Crippen molar-refractivity contribution in [2.45, 2.75) is 31.7 Å². The molecule has 1 saturated heterocycles. The van der Waals surface area contributed by atoms with Crippen molar-refractivity contribution in [3.05, 3.63) is 0 Å². The summed E-state index contributed by atoms with van der Waals surface area (Å²) in [5.41, 5.74) is 11.1. The maximum atomic E-state index is 12.3. The second-order valence-corrected chi connectivity index (χ2v) is 6.14. The van der Waals surface area contributed by atoms with E-state index in [0.29, 0.717) is 31.6 Å². The minimum absolute atomic E-state index is 0. The molecule has 0 radical (unpaired) electrons. The van der Waals surface area contributed by atoms with Crippen LogP contribution in [0.15, 0.2) is 0 Å². The van der Waals surface area contributed by atoms with Crippen LogP contribution < -0.4 is 11.5 Å². The molecule has 1 aliphatic heterocycles. The Kier molecular flexibility index (Phi) is 6.90. The minimum atomic E-state index is -0.298. The second-order valence-electron chi connectivity index (χ2n) is 6.14. The van der Waals surface area contributed by atoms with Crippen LogP contribution in [0.4, 0.5) is 0 Å². The number of rotatable bonds is 6. The number of nitrogens with two attached hydrogens (primary N) is 2. The van der Waals surface area contributed by atoms with E-state index in [9.17, 15) is 9.59 Å². The predicted molar refractivity (Wildman–Crippen MR) is 83.9 cm³/mol.